The molecule has 1 aliphatic heterocycles. The summed E-state index contributed by atoms with van der Waals surface area (Å²) in [4.78, 5) is 15.0. The van der Waals surface area contributed by atoms with Gasteiger partial charge >= 0.3 is 0 Å². The molecule has 2 aromatic rings. The summed E-state index contributed by atoms with van der Waals surface area (Å²) in [5, 5.41) is 0.539. The summed E-state index contributed by atoms with van der Waals surface area (Å²) >= 11 is -1.38. The molecule has 0 radical (unpaired) electrons. The predicted molar refractivity (Wildman–Crippen MR) is 123 cm³/mol. The number of benzene rings is 1. The van der Waals surface area contributed by atoms with Crippen LogP contribution < -0.4 is 10.3 Å². The molecule has 6 heteroatoms. The molecule has 0 aliphatic carbocycles. The number of piperidine rings is 1. The third kappa shape index (κ3) is 4.86. The first-order valence-corrected chi connectivity index (χ1v) is 11.3. The van der Waals surface area contributed by atoms with Crippen LogP contribution in [0, 0.1) is 12.3 Å². The molecular formula is C23H32N2O3S. The smallest absolute Gasteiger partial charge is 0.200 e. The van der Waals surface area contributed by atoms with E-state index in [4.69, 9.17) is 4.42 Å². The average Bonchev–Trinajstić information content (AvgIpc) is 2.60. The first kappa shape index (κ1) is 21.9. The lowest BCUT2D eigenvalue weighted by Gasteiger charge is -2.37. The van der Waals surface area contributed by atoms with Crippen LogP contribution in [0.15, 0.2) is 31.8 Å². The van der Waals surface area contributed by atoms with Gasteiger partial charge in [0, 0.05) is 24.7 Å². The van der Waals surface area contributed by atoms with Crippen molar-refractivity contribution >= 4 is 33.9 Å². The molecule has 1 aromatic heterocycles. The van der Waals surface area contributed by atoms with E-state index in [9.17, 15) is 9.35 Å². The Morgan fingerprint density at radius 3 is 2.41 bits per heavy atom. The monoisotopic (exact) mass is 416 g/mol. The SMILES string of the molecule is C/C(=N\[S+]([O-])C(C)(C)C)c1cc(C)cc2c(=O)cc(N3CCC(C)(C)CC3)oc12. The van der Waals surface area contributed by atoms with Gasteiger partial charge in [-0.15, -0.1) is 0 Å². The Kier molecular flexibility index (Phi) is 5.89. The summed E-state index contributed by atoms with van der Waals surface area (Å²) in [6, 6.07) is 5.40. The van der Waals surface area contributed by atoms with Crippen molar-refractivity contribution < 1.29 is 8.97 Å². The van der Waals surface area contributed by atoms with Crippen molar-refractivity contribution in [2.75, 3.05) is 18.0 Å². The average molecular weight is 417 g/mol. The standard InChI is InChI=1S/C23H32N2O3S/c1-15-12-17(16(2)24-29(27)22(3,4)5)21-18(13-15)19(26)14-20(28-21)25-10-8-23(6,7)9-11-25/h12-14H,8-11H2,1-7H3/b24-16+. The molecule has 1 saturated heterocycles. The van der Waals surface area contributed by atoms with Crippen LogP contribution in [0.25, 0.3) is 11.0 Å². The summed E-state index contributed by atoms with van der Waals surface area (Å²) in [7, 11) is 0. The highest BCUT2D eigenvalue weighted by Crippen LogP contribution is 2.33. The first-order chi connectivity index (χ1) is 13.4. The minimum Gasteiger partial charge on any atom is -0.591 e. The van der Waals surface area contributed by atoms with Gasteiger partial charge in [0.15, 0.2) is 11.3 Å². The minimum atomic E-state index is -1.38. The molecule has 1 fully saturated rings. The van der Waals surface area contributed by atoms with E-state index in [0.29, 0.717) is 28.0 Å². The Balaban J connectivity index is 2.10. The number of hydrogen-bond acceptors (Lipinski definition) is 5. The van der Waals surface area contributed by atoms with Crippen molar-refractivity contribution in [2.24, 2.45) is 9.81 Å². The fourth-order valence-electron chi connectivity index (χ4n) is 3.46. The van der Waals surface area contributed by atoms with E-state index >= 15 is 0 Å². The van der Waals surface area contributed by atoms with Crippen molar-refractivity contribution in [1.29, 1.82) is 0 Å². The number of anilines is 1. The summed E-state index contributed by atoms with van der Waals surface area (Å²) < 4.78 is 22.8. The lowest BCUT2D eigenvalue weighted by molar-refractivity contribution is 0.274. The molecule has 0 spiro atoms. The zero-order valence-electron chi connectivity index (χ0n) is 18.6. The second-order valence-electron chi connectivity index (χ2n) is 9.83. The van der Waals surface area contributed by atoms with Gasteiger partial charge in [0.05, 0.1) is 11.1 Å². The van der Waals surface area contributed by atoms with Crippen molar-refractivity contribution in [1.82, 2.24) is 0 Å². The van der Waals surface area contributed by atoms with Crippen molar-refractivity contribution in [3.8, 4) is 0 Å². The van der Waals surface area contributed by atoms with Crippen LogP contribution in [0.3, 0.4) is 0 Å². The molecule has 1 aliphatic rings. The van der Waals surface area contributed by atoms with Crippen molar-refractivity contribution in [3.63, 3.8) is 0 Å². The molecule has 0 N–H and O–H groups in total. The molecule has 5 nitrogen and oxygen atoms in total. The number of rotatable bonds is 3. The van der Waals surface area contributed by atoms with Gasteiger partial charge in [-0.25, -0.2) is 0 Å². The van der Waals surface area contributed by atoms with Crippen LogP contribution in [0.5, 0.6) is 0 Å². The normalized spacial score (nSPS) is 18.9. The second-order valence-corrected chi connectivity index (χ2v) is 11.7. The zero-order valence-corrected chi connectivity index (χ0v) is 19.4. The van der Waals surface area contributed by atoms with E-state index in [2.05, 4.69) is 23.1 Å². The number of aryl methyl sites for hydroxylation is 1. The maximum absolute atomic E-state index is 12.9. The molecule has 0 saturated carbocycles. The van der Waals surface area contributed by atoms with Crippen molar-refractivity contribution in [3.05, 3.63) is 39.5 Å². The Morgan fingerprint density at radius 2 is 1.83 bits per heavy atom. The Morgan fingerprint density at radius 1 is 1.21 bits per heavy atom. The molecule has 29 heavy (non-hydrogen) atoms. The minimum absolute atomic E-state index is 0.0548. The zero-order chi connectivity index (χ0) is 21.6. The Bertz CT molecular complexity index is 992. The molecule has 3 rings (SSSR count). The molecule has 0 bridgehead atoms. The van der Waals surface area contributed by atoms with Gasteiger partial charge < -0.3 is 13.9 Å². The third-order valence-electron chi connectivity index (χ3n) is 5.52. The summed E-state index contributed by atoms with van der Waals surface area (Å²) in [5.41, 5.74) is 3.08. The van der Waals surface area contributed by atoms with E-state index < -0.39 is 16.1 Å². The van der Waals surface area contributed by atoms with E-state index in [1.54, 1.807) is 6.07 Å². The number of hydrogen-bond donors (Lipinski definition) is 0. The molecule has 1 aromatic carbocycles. The van der Waals surface area contributed by atoms with Crippen LogP contribution in [0.2, 0.25) is 0 Å². The summed E-state index contributed by atoms with van der Waals surface area (Å²) in [6.45, 7) is 15.7. The lowest BCUT2D eigenvalue weighted by Crippen LogP contribution is -2.37. The van der Waals surface area contributed by atoms with Crippen LogP contribution in [0.1, 0.15) is 65.5 Å². The molecule has 1 atom stereocenters. The highest BCUT2D eigenvalue weighted by atomic mass is 32.2. The molecule has 2 heterocycles. The predicted octanol–water partition coefficient (Wildman–Crippen LogP) is 5.00. The van der Waals surface area contributed by atoms with Gasteiger partial charge in [0.1, 0.15) is 21.7 Å². The maximum atomic E-state index is 12.9. The largest absolute Gasteiger partial charge is 0.591 e. The van der Waals surface area contributed by atoms with Crippen LogP contribution in [0.4, 0.5) is 5.88 Å². The van der Waals surface area contributed by atoms with Crippen LogP contribution in [-0.2, 0) is 11.4 Å². The molecule has 158 valence electrons. The van der Waals surface area contributed by atoms with Gasteiger partial charge in [0.25, 0.3) is 0 Å². The second kappa shape index (κ2) is 7.80. The van der Waals surface area contributed by atoms with Crippen LogP contribution >= 0.6 is 0 Å². The van der Waals surface area contributed by atoms with E-state index in [-0.39, 0.29) is 5.43 Å². The Hall–Kier alpha value is -1.79. The van der Waals surface area contributed by atoms with Crippen molar-refractivity contribution in [2.45, 2.75) is 66.1 Å². The molecule has 0 amide bonds. The molecule has 1 unspecified atom stereocenters. The fraction of sp³-hybridized carbons (Fsp3) is 0.565. The quantitative estimate of drug-likeness (QED) is 0.522. The third-order valence-corrected chi connectivity index (χ3v) is 7.01. The van der Waals surface area contributed by atoms with E-state index in [0.717, 1.165) is 37.1 Å². The maximum Gasteiger partial charge on any atom is 0.200 e. The summed E-state index contributed by atoms with van der Waals surface area (Å²) in [6.07, 6.45) is 2.11. The van der Waals surface area contributed by atoms with E-state index in [1.165, 1.54) is 0 Å². The fourth-order valence-corrected chi connectivity index (χ4v) is 4.08. The highest BCUT2D eigenvalue weighted by molar-refractivity contribution is 7.91. The number of fused-ring (bicyclic) bond motifs is 1. The Labute approximate surface area is 176 Å². The van der Waals surface area contributed by atoms with E-state index in [1.807, 2.05) is 46.8 Å². The summed E-state index contributed by atoms with van der Waals surface area (Å²) in [5.74, 6) is 0.604. The highest BCUT2D eigenvalue weighted by Gasteiger charge is 2.29. The molecular weight excluding hydrogens is 384 g/mol. The number of nitrogens with zero attached hydrogens (tertiary/aromatic N) is 2. The van der Waals surface area contributed by atoms with Gasteiger partial charge in [0.2, 0.25) is 0 Å². The van der Waals surface area contributed by atoms with Gasteiger partial charge in [-0.3, -0.25) is 4.79 Å². The first-order valence-electron chi connectivity index (χ1n) is 10.2. The van der Waals surface area contributed by atoms with Gasteiger partial charge in [-0.1, -0.05) is 18.2 Å². The van der Waals surface area contributed by atoms with Gasteiger partial charge in [-0.2, -0.15) is 0 Å². The van der Waals surface area contributed by atoms with Gasteiger partial charge in [-0.05, 0) is 70.6 Å². The topological polar surface area (TPSA) is 68.9 Å². The lowest BCUT2D eigenvalue weighted by atomic mass is 9.83. The van der Waals surface area contributed by atoms with Crippen LogP contribution in [-0.4, -0.2) is 28.1 Å².